The molecule has 3 N–H and O–H groups in total. The van der Waals surface area contributed by atoms with Crippen molar-refractivity contribution in [3.8, 4) is 0 Å². The van der Waals surface area contributed by atoms with Gasteiger partial charge >= 0.3 is 0 Å². The predicted molar refractivity (Wildman–Crippen MR) is 67.8 cm³/mol. The second-order valence-electron chi connectivity index (χ2n) is 4.85. The maximum absolute atomic E-state index is 12.0. The Bertz CT molecular complexity index is 385. The molecule has 0 spiro atoms. The molecule has 0 aliphatic rings. The van der Waals surface area contributed by atoms with Crippen LogP contribution in [0.2, 0.25) is 0 Å². The summed E-state index contributed by atoms with van der Waals surface area (Å²) >= 11 is 0. The molecule has 0 fully saturated rings. The molecule has 1 atom stereocenters. The smallest absolute Gasteiger partial charge is 0.287 e. The highest BCUT2D eigenvalue weighted by atomic mass is 16.3. The van der Waals surface area contributed by atoms with Gasteiger partial charge in [0.15, 0.2) is 5.76 Å². The molecule has 0 radical (unpaired) electrons. The molecule has 0 aliphatic carbocycles. The molecule has 0 saturated carbocycles. The summed E-state index contributed by atoms with van der Waals surface area (Å²) in [6, 6.07) is 3.52. The fourth-order valence-electron chi connectivity index (χ4n) is 1.44. The Hall–Kier alpha value is -1.29. The Morgan fingerprint density at radius 2 is 2.18 bits per heavy atom. The van der Waals surface area contributed by atoms with Gasteiger partial charge < -0.3 is 15.5 Å². The third-order valence-corrected chi connectivity index (χ3v) is 3.33. The molecule has 1 amide bonds. The summed E-state index contributed by atoms with van der Waals surface area (Å²) in [7, 11) is 0. The zero-order valence-electron chi connectivity index (χ0n) is 11.0. The van der Waals surface area contributed by atoms with Crippen LogP contribution in [0, 0.1) is 5.92 Å². The summed E-state index contributed by atoms with van der Waals surface area (Å²) < 4.78 is 5.41. The van der Waals surface area contributed by atoms with E-state index in [4.69, 9.17) is 10.2 Å². The molecule has 1 aromatic rings. The molecule has 1 rings (SSSR count). The Labute approximate surface area is 103 Å². The largest absolute Gasteiger partial charge is 0.456 e. The van der Waals surface area contributed by atoms with Crippen molar-refractivity contribution >= 4 is 5.91 Å². The van der Waals surface area contributed by atoms with Gasteiger partial charge in [-0.3, -0.25) is 4.79 Å². The van der Waals surface area contributed by atoms with Gasteiger partial charge in [0, 0.05) is 13.0 Å². The van der Waals surface area contributed by atoms with E-state index in [0.29, 0.717) is 12.3 Å². The minimum atomic E-state index is -0.406. The third-order valence-electron chi connectivity index (χ3n) is 3.33. The summed E-state index contributed by atoms with van der Waals surface area (Å²) in [5, 5.41) is 2.94. The van der Waals surface area contributed by atoms with Gasteiger partial charge in [-0.1, -0.05) is 20.8 Å². The van der Waals surface area contributed by atoms with E-state index in [1.165, 1.54) is 0 Å². The number of aryl methyl sites for hydroxylation is 1. The number of hydrogen-bond acceptors (Lipinski definition) is 3. The number of carbonyl (C=O) groups is 1. The van der Waals surface area contributed by atoms with E-state index in [9.17, 15) is 4.79 Å². The summed E-state index contributed by atoms with van der Waals surface area (Å²) in [5.74, 6) is 1.22. The maximum Gasteiger partial charge on any atom is 0.287 e. The van der Waals surface area contributed by atoms with Crippen molar-refractivity contribution in [2.24, 2.45) is 11.7 Å². The number of nitrogens with one attached hydrogen (secondary N) is 1. The first-order valence-electron chi connectivity index (χ1n) is 6.04. The average molecular weight is 238 g/mol. The van der Waals surface area contributed by atoms with Crippen LogP contribution in [0.1, 0.15) is 44.0 Å². The Morgan fingerprint density at radius 3 is 2.59 bits per heavy atom. The van der Waals surface area contributed by atoms with Crippen LogP contribution in [0.25, 0.3) is 0 Å². The van der Waals surface area contributed by atoms with Crippen LogP contribution in [-0.2, 0) is 6.42 Å². The van der Waals surface area contributed by atoms with Gasteiger partial charge in [-0.15, -0.1) is 0 Å². The topological polar surface area (TPSA) is 68.3 Å². The van der Waals surface area contributed by atoms with E-state index in [1.807, 2.05) is 33.8 Å². The molecular formula is C13H22N2O2. The van der Waals surface area contributed by atoms with E-state index in [1.54, 1.807) is 6.07 Å². The minimum Gasteiger partial charge on any atom is -0.456 e. The normalized spacial score (nSPS) is 14.7. The molecular weight excluding hydrogens is 216 g/mol. The molecule has 1 unspecified atom stereocenters. The van der Waals surface area contributed by atoms with Crippen LogP contribution in [0.5, 0.6) is 0 Å². The molecule has 0 saturated heterocycles. The number of hydrogen-bond donors (Lipinski definition) is 2. The van der Waals surface area contributed by atoms with Crippen LogP contribution in [0.3, 0.4) is 0 Å². The Balaban J connectivity index is 2.77. The third kappa shape index (κ3) is 3.09. The first-order valence-corrected chi connectivity index (χ1v) is 6.04. The summed E-state index contributed by atoms with van der Waals surface area (Å²) in [4.78, 5) is 12.0. The number of nitrogens with two attached hydrogens (primary N) is 1. The predicted octanol–water partition coefficient (Wildman–Crippen LogP) is 1.95. The lowest BCUT2D eigenvalue weighted by Crippen LogP contribution is -2.54. The van der Waals surface area contributed by atoms with E-state index >= 15 is 0 Å². The molecule has 0 aliphatic heterocycles. The summed E-state index contributed by atoms with van der Waals surface area (Å²) in [6.07, 6.45) is 0.783. The lowest BCUT2D eigenvalue weighted by Gasteiger charge is -2.33. The molecule has 96 valence electrons. The van der Waals surface area contributed by atoms with Gasteiger partial charge in [-0.25, -0.2) is 0 Å². The molecule has 1 heterocycles. The van der Waals surface area contributed by atoms with Crippen molar-refractivity contribution in [1.29, 1.82) is 0 Å². The van der Waals surface area contributed by atoms with Gasteiger partial charge in [0.2, 0.25) is 0 Å². The van der Waals surface area contributed by atoms with E-state index in [0.717, 1.165) is 12.2 Å². The van der Waals surface area contributed by atoms with Crippen LogP contribution in [0.15, 0.2) is 16.5 Å². The monoisotopic (exact) mass is 238 g/mol. The number of amides is 1. The molecule has 0 aromatic carbocycles. The number of furan rings is 1. The zero-order chi connectivity index (χ0) is 13.1. The quantitative estimate of drug-likeness (QED) is 0.823. The van der Waals surface area contributed by atoms with Crippen molar-refractivity contribution < 1.29 is 9.21 Å². The lowest BCUT2D eigenvalue weighted by molar-refractivity contribution is 0.0853. The molecule has 0 bridgehead atoms. The second kappa shape index (κ2) is 5.36. The highest BCUT2D eigenvalue weighted by Crippen LogP contribution is 2.16. The number of rotatable bonds is 5. The Kier molecular flexibility index (Phi) is 4.34. The van der Waals surface area contributed by atoms with Crippen molar-refractivity contribution in [3.63, 3.8) is 0 Å². The molecule has 1 aromatic heterocycles. The molecule has 17 heavy (non-hydrogen) atoms. The van der Waals surface area contributed by atoms with E-state index in [2.05, 4.69) is 5.32 Å². The van der Waals surface area contributed by atoms with Gasteiger partial charge in [0.1, 0.15) is 5.76 Å². The Morgan fingerprint density at radius 1 is 1.53 bits per heavy atom. The fraction of sp³-hybridized carbons (Fsp3) is 0.615. The first kappa shape index (κ1) is 13.8. The SMILES string of the molecule is CCc1ccc(C(=O)NC(C)(CN)C(C)C)o1. The lowest BCUT2D eigenvalue weighted by atomic mass is 9.88. The van der Waals surface area contributed by atoms with Gasteiger partial charge in [0.25, 0.3) is 5.91 Å². The summed E-state index contributed by atoms with van der Waals surface area (Å²) in [5.41, 5.74) is 5.31. The van der Waals surface area contributed by atoms with Crippen LogP contribution < -0.4 is 11.1 Å². The van der Waals surface area contributed by atoms with Crippen LogP contribution in [0.4, 0.5) is 0 Å². The van der Waals surface area contributed by atoms with Crippen LogP contribution in [-0.4, -0.2) is 18.0 Å². The van der Waals surface area contributed by atoms with Crippen molar-refractivity contribution in [2.75, 3.05) is 6.54 Å². The van der Waals surface area contributed by atoms with E-state index in [-0.39, 0.29) is 11.8 Å². The zero-order valence-corrected chi connectivity index (χ0v) is 11.0. The van der Waals surface area contributed by atoms with Crippen LogP contribution >= 0.6 is 0 Å². The van der Waals surface area contributed by atoms with Crippen molar-refractivity contribution in [1.82, 2.24) is 5.32 Å². The van der Waals surface area contributed by atoms with Gasteiger partial charge in [-0.05, 0) is 25.0 Å². The van der Waals surface area contributed by atoms with E-state index < -0.39 is 5.54 Å². The molecule has 4 nitrogen and oxygen atoms in total. The highest BCUT2D eigenvalue weighted by molar-refractivity contribution is 5.92. The van der Waals surface area contributed by atoms with Gasteiger partial charge in [0.05, 0.1) is 5.54 Å². The van der Waals surface area contributed by atoms with Gasteiger partial charge in [-0.2, -0.15) is 0 Å². The standard InChI is InChI=1S/C13H22N2O2/c1-5-10-6-7-11(17-10)12(16)15-13(4,8-14)9(2)3/h6-7,9H,5,8,14H2,1-4H3,(H,15,16). The maximum atomic E-state index is 12.0. The summed E-state index contributed by atoms with van der Waals surface area (Å²) in [6.45, 7) is 8.40. The second-order valence-corrected chi connectivity index (χ2v) is 4.85. The molecule has 4 heteroatoms. The average Bonchev–Trinajstić information content (AvgIpc) is 2.77. The minimum absolute atomic E-state index is 0.202. The fourth-order valence-corrected chi connectivity index (χ4v) is 1.44. The number of carbonyl (C=O) groups excluding carboxylic acids is 1. The highest BCUT2D eigenvalue weighted by Gasteiger charge is 2.29. The first-order chi connectivity index (χ1) is 7.92. The van der Waals surface area contributed by atoms with Crippen molar-refractivity contribution in [2.45, 2.75) is 39.7 Å². The van der Waals surface area contributed by atoms with Crippen molar-refractivity contribution in [3.05, 3.63) is 23.7 Å².